The molecule has 0 radical (unpaired) electrons. The van der Waals surface area contributed by atoms with E-state index in [4.69, 9.17) is 11.6 Å². The van der Waals surface area contributed by atoms with Crippen LogP contribution in [-0.4, -0.2) is 11.9 Å². The highest BCUT2D eigenvalue weighted by atomic mass is 35.5. The van der Waals surface area contributed by atoms with Crippen molar-refractivity contribution in [2.75, 3.05) is 0 Å². The van der Waals surface area contributed by atoms with Gasteiger partial charge in [0.2, 0.25) is 5.91 Å². The number of carbonyl (C=O) groups excluding carboxylic acids is 1. The van der Waals surface area contributed by atoms with Gasteiger partial charge in [-0.1, -0.05) is 43.1 Å². The third-order valence-corrected chi connectivity index (χ3v) is 2.77. The lowest BCUT2D eigenvalue weighted by atomic mass is 10.2. The number of benzene rings is 1. The first-order chi connectivity index (χ1) is 8.13. The molecule has 1 aromatic carbocycles. The van der Waals surface area contributed by atoms with E-state index in [1.165, 1.54) is 6.08 Å². The maximum atomic E-state index is 11.6. The number of nitrogens with one attached hydrogen (secondary N) is 1. The SMILES string of the molecule is CCCC(C)NC(=O)/C=C/c1ccccc1Cl. The summed E-state index contributed by atoms with van der Waals surface area (Å²) in [5.74, 6) is -0.0779. The van der Waals surface area contributed by atoms with Crippen LogP contribution in [-0.2, 0) is 4.79 Å². The van der Waals surface area contributed by atoms with E-state index in [1.54, 1.807) is 12.1 Å². The van der Waals surface area contributed by atoms with Gasteiger partial charge in [0.1, 0.15) is 0 Å². The van der Waals surface area contributed by atoms with E-state index < -0.39 is 0 Å². The molecule has 92 valence electrons. The number of hydrogen-bond donors (Lipinski definition) is 1. The molecule has 0 saturated heterocycles. The summed E-state index contributed by atoms with van der Waals surface area (Å²) >= 11 is 5.98. The smallest absolute Gasteiger partial charge is 0.244 e. The lowest BCUT2D eigenvalue weighted by Crippen LogP contribution is -2.30. The average molecular weight is 252 g/mol. The zero-order valence-electron chi connectivity index (χ0n) is 10.2. The quantitative estimate of drug-likeness (QED) is 0.795. The molecule has 0 fully saturated rings. The van der Waals surface area contributed by atoms with Crippen molar-refractivity contribution in [3.8, 4) is 0 Å². The maximum Gasteiger partial charge on any atom is 0.244 e. The first-order valence-electron chi connectivity index (χ1n) is 5.86. The van der Waals surface area contributed by atoms with Gasteiger partial charge in [-0.25, -0.2) is 0 Å². The molecule has 0 aliphatic rings. The van der Waals surface area contributed by atoms with Crippen LogP contribution < -0.4 is 5.32 Å². The van der Waals surface area contributed by atoms with Crippen molar-refractivity contribution in [3.63, 3.8) is 0 Å². The Morgan fingerprint density at radius 1 is 1.47 bits per heavy atom. The summed E-state index contributed by atoms with van der Waals surface area (Å²) in [7, 11) is 0. The van der Waals surface area contributed by atoms with Crippen molar-refractivity contribution in [1.29, 1.82) is 0 Å². The summed E-state index contributed by atoms with van der Waals surface area (Å²) in [6, 6.07) is 7.65. The molecular weight excluding hydrogens is 234 g/mol. The molecule has 17 heavy (non-hydrogen) atoms. The molecule has 1 atom stereocenters. The molecular formula is C14H18ClNO. The third kappa shape index (κ3) is 5.05. The van der Waals surface area contributed by atoms with Crippen molar-refractivity contribution in [2.45, 2.75) is 32.7 Å². The Labute approximate surface area is 108 Å². The second-order valence-corrected chi connectivity index (χ2v) is 4.46. The molecule has 1 unspecified atom stereocenters. The van der Waals surface area contributed by atoms with E-state index in [9.17, 15) is 4.79 Å². The van der Waals surface area contributed by atoms with Crippen molar-refractivity contribution in [1.82, 2.24) is 5.32 Å². The number of carbonyl (C=O) groups is 1. The zero-order chi connectivity index (χ0) is 12.7. The molecule has 0 aliphatic carbocycles. The molecule has 0 saturated carbocycles. The predicted molar refractivity (Wildman–Crippen MR) is 73.0 cm³/mol. The van der Waals surface area contributed by atoms with E-state index in [1.807, 2.05) is 25.1 Å². The minimum atomic E-state index is -0.0779. The second kappa shape index (κ2) is 7.13. The minimum absolute atomic E-state index is 0.0779. The first-order valence-corrected chi connectivity index (χ1v) is 6.24. The summed E-state index contributed by atoms with van der Waals surface area (Å²) in [5.41, 5.74) is 0.854. The van der Waals surface area contributed by atoms with Gasteiger partial charge in [-0.3, -0.25) is 4.79 Å². The number of amides is 1. The lowest BCUT2D eigenvalue weighted by Gasteiger charge is -2.10. The summed E-state index contributed by atoms with van der Waals surface area (Å²) in [6.07, 6.45) is 5.31. The average Bonchev–Trinajstić information content (AvgIpc) is 2.28. The highest BCUT2D eigenvalue weighted by molar-refractivity contribution is 6.32. The monoisotopic (exact) mass is 251 g/mol. The molecule has 2 nitrogen and oxygen atoms in total. The number of rotatable bonds is 5. The normalized spacial score (nSPS) is 12.6. The van der Waals surface area contributed by atoms with Crippen LogP contribution in [0.5, 0.6) is 0 Å². The van der Waals surface area contributed by atoms with Crippen molar-refractivity contribution in [3.05, 3.63) is 40.9 Å². The summed E-state index contributed by atoms with van der Waals surface area (Å²) in [4.78, 5) is 11.6. The molecule has 1 N–H and O–H groups in total. The Hall–Kier alpha value is -1.28. The van der Waals surface area contributed by atoms with Gasteiger partial charge in [0, 0.05) is 17.1 Å². The van der Waals surface area contributed by atoms with Crippen LogP contribution in [0.4, 0.5) is 0 Å². The van der Waals surface area contributed by atoms with Gasteiger partial charge >= 0.3 is 0 Å². The predicted octanol–water partition coefficient (Wildman–Crippen LogP) is 3.66. The lowest BCUT2D eigenvalue weighted by molar-refractivity contribution is -0.117. The number of halogens is 1. The van der Waals surface area contributed by atoms with Gasteiger partial charge in [-0.2, -0.15) is 0 Å². The van der Waals surface area contributed by atoms with E-state index in [0.717, 1.165) is 18.4 Å². The largest absolute Gasteiger partial charge is 0.350 e. The Balaban J connectivity index is 2.54. The first kappa shape index (κ1) is 13.8. The van der Waals surface area contributed by atoms with Gasteiger partial charge in [0.05, 0.1) is 0 Å². The van der Waals surface area contributed by atoms with Crippen LogP contribution in [0.15, 0.2) is 30.3 Å². The molecule has 1 aromatic rings. The fraction of sp³-hybridized carbons (Fsp3) is 0.357. The maximum absolute atomic E-state index is 11.6. The third-order valence-electron chi connectivity index (χ3n) is 2.43. The van der Waals surface area contributed by atoms with Crippen LogP contribution in [0.1, 0.15) is 32.3 Å². The molecule has 1 rings (SSSR count). The molecule has 0 spiro atoms. The standard InChI is InChI=1S/C14H18ClNO/c1-3-6-11(2)16-14(17)10-9-12-7-4-5-8-13(12)15/h4-5,7-11H,3,6H2,1-2H3,(H,16,17)/b10-9+. The van der Waals surface area contributed by atoms with Crippen LogP contribution in [0.3, 0.4) is 0 Å². The summed E-state index contributed by atoms with van der Waals surface area (Å²) in [6.45, 7) is 4.10. The van der Waals surface area contributed by atoms with Gasteiger partial charge in [-0.15, -0.1) is 0 Å². The molecule has 1 amide bonds. The van der Waals surface area contributed by atoms with Crippen molar-refractivity contribution < 1.29 is 4.79 Å². The van der Waals surface area contributed by atoms with Crippen LogP contribution in [0.2, 0.25) is 5.02 Å². The van der Waals surface area contributed by atoms with E-state index in [0.29, 0.717) is 5.02 Å². The van der Waals surface area contributed by atoms with Crippen LogP contribution >= 0.6 is 11.6 Å². The van der Waals surface area contributed by atoms with Crippen LogP contribution in [0.25, 0.3) is 6.08 Å². The van der Waals surface area contributed by atoms with Gasteiger partial charge in [0.15, 0.2) is 0 Å². The molecule has 0 aromatic heterocycles. The second-order valence-electron chi connectivity index (χ2n) is 4.05. The Morgan fingerprint density at radius 3 is 2.82 bits per heavy atom. The Morgan fingerprint density at radius 2 is 2.18 bits per heavy atom. The van der Waals surface area contributed by atoms with E-state index in [2.05, 4.69) is 12.2 Å². The molecule has 0 aliphatic heterocycles. The fourth-order valence-electron chi connectivity index (χ4n) is 1.57. The Kier molecular flexibility index (Phi) is 5.78. The topological polar surface area (TPSA) is 29.1 Å². The number of hydrogen-bond acceptors (Lipinski definition) is 1. The van der Waals surface area contributed by atoms with Gasteiger partial charge in [-0.05, 0) is 31.1 Å². The van der Waals surface area contributed by atoms with Crippen LogP contribution in [0, 0.1) is 0 Å². The fourth-order valence-corrected chi connectivity index (χ4v) is 1.77. The summed E-state index contributed by atoms with van der Waals surface area (Å²) in [5, 5.41) is 3.55. The molecule has 0 bridgehead atoms. The highest BCUT2D eigenvalue weighted by Gasteiger charge is 2.03. The zero-order valence-corrected chi connectivity index (χ0v) is 11.0. The minimum Gasteiger partial charge on any atom is -0.350 e. The Bertz CT molecular complexity index is 401. The van der Waals surface area contributed by atoms with E-state index in [-0.39, 0.29) is 11.9 Å². The van der Waals surface area contributed by atoms with Gasteiger partial charge < -0.3 is 5.32 Å². The highest BCUT2D eigenvalue weighted by Crippen LogP contribution is 2.15. The molecule has 0 heterocycles. The van der Waals surface area contributed by atoms with Crippen molar-refractivity contribution >= 4 is 23.6 Å². The molecule has 3 heteroatoms. The van der Waals surface area contributed by atoms with Crippen molar-refractivity contribution in [2.24, 2.45) is 0 Å². The van der Waals surface area contributed by atoms with E-state index >= 15 is 0 Å². The summed E-state index contributed by atoms with van der Waals surface area (Å²) < 4.78 is 0. The van der Waals surface area contributed by atoms with Gasteiger partial charge in [0.25, 0.3) is 0 Å².